The van der Waals surface area contributed by atoms with Crippen molar-refractivity contribution in [2.24, 2.45) is 0 Å². The van der Waals surface area contributed by atoms with Crippen LogP contribution >= 0.6 is 0 Å². The lowest BCUT2D eigenvalue weighted by atomic mass is 10.1. The first kappa shape index (κ1) is 16.6. The maximum atomic E-state index is 5.42. The SMILES string of the molecule is CC[N+](CC)(CC)Cc1cc(OC)c(OC)c(OC)c1. The van der Waals surface area contributed by atoms with Crippen molar-refractivity contribution >= 4 is 0 Å². The summed E-state index contributed by atoms with van der Waals surface area (Å²) in [4.78, 5) is 0. The number of benzene rings is 1. The average Bonchev–Trinajstić information content (AvgIpc) is 2.51. The summed E-state index contributed by atoms with van der Waals surface area (Å²) < 4.78 is 17.3. The minimum absolute atomic E-state index is 0.654. The van der Waals surface area contributed by atoms with E-state index >= 15 is 0 Å². The van der Waals surface area contributed by atoms with Crippen molar-refractivity contribution in [2.75, 3.05) is 41.0 Å². The number of nitrogens with zero attached hydrogens (tertiary/aromatic N) is 1. The van der Waals surface area contributed by atoms with Crippen LogP contribution in [0.3, 0.4) is 0 Å². The number of hydrogen-bond acceptors (Lipinski definition) is 3. The van der Waals surface area contributed by atoms with E-state index < -0.39 is 0 Å². The summed E-state index contributed by atoms with van der Waals surface area (Å²) >= 11 is 0. The number of quaternary nitrogens is 1. The fourth-order valence-corrected chi connectivity index (χ4v) is 2.62. The second-order valence-electron chi connectivity index (χ2n) is 4.98. The summed E-state index contributed by atoms with van der Waals surface area (Å²) in [6, 6.07) is 4.10. The van der Waals surface area contributed by atoms with Gasteiger partial charge in [0.2, 0.25) is 5.75 Å². The van der Waals surface area contributed by atoms with E-state index in [2.05, 4.69) is 32.9 Å². The van der Waals surface area contributed by atoms with Crippen molar-refractivity contribution < 1.29 is 18.7 Å². The molecular formula is C16H28NO3+. The van der Waals surface area contributed by atoms with Crippen LogP contribution < -0.4 is 14.2 Å². The Morgan fingerprint density at radius 3 is 1.55 bits per heavy atom. The first-order chi connectivity index (χ1) is 9.59. The maximum Gasteiger partial charge on any atom is 0.203 e. The van der Waals surface area contributed by atoms with E-state index in [0.29, 0.717) is 5.75 Å². The third-order valence-electron chi connectivity index (χ3n) is 4.25. The lowest BCUT2D eigenvalue weighted by molar-refractivity contribution is -0.936. The highest BCUT2D eigenvalue weighted by Gasteiger charge is 2.23. The molecule has 1 aromatic carbocycles. The van der Waals surface area contributed by atoms with Crippen molar-refractivity contribution in [1.82, 2.24) is 0 Å². The summed E-state index contributed by atoms with van der Waals surface area (Å²) in [5, 5.41) is 0. The van der Waals surface area contributed by atoms with Gasteiger partial charge in [0.05, 0.1) is 41.0 Å². The van der Waals surface area contributed by atoms with Crippen molar-refractivity contribution in [2.45, 2.75) is 27.3 Å². The Morgan fingerprint density at radius 2 is 1.25 bits per heavy atom. The molecule has 0 aliphatic rings. The Kier molecular flexibility index (Phi) is 6.14. The van der Waals surface area contributed by atoms with Gasteiger partial charge in [-0.25, -0.2) is 0 Å². The zero-order valence-electron chi connectivity index (χ0n) is 13.7. The Morgan fingerprint density at radius 1 is 0.800 bits per heavy atom. The number of methoxy groups -OCH3 is 3. The lowest BCUT2D eigenvalue weighted by Crippen LogP contribution is -2.46. The largest absolute Gasteiger partial charge is 0.493 e. The molecule has 1 aromatic rings. The molecule has 0 saturated heterocycles. The highest BCUT2D eigenvalue weighted by atomic mass is 16.5. The van der Waals surface area contributed by atoms with Gasteiger partial charge in [0.1, 0.15) is 6.54 Å². The molecule has 0 spiro atoms. The van der Waals surface area contributed by atoms with Crippen molar-refractivity contribution in [3.8, 4) is 17.2 Å². The zero-order valence-corrected chi connectivity index (χ0v) is 13.7. The standard InChI is InChI=1S/C16H28NO3/c1-7-17(8-2,9-3)12-13-10-14(18-4)16(20-6)15(11-13)19-5/h10-11H,7-9,12H2,1-6H3/q+1. The van der Waals surface area contributed by atoms with Crippen LogP contribution in [0.4, 0.5) is 0 Å². The van der Waals surface area contributed by atoms with Gasteiger partial charge >= 0.3 is 0 Å². The van der Waals surface area contributed by atoms with E-state index in [1.807, 2.05) is 0 Å². The summed E-state index contributed by atoms with van der Waals surface area (Å²) in [6.07, 6.45) is 0. The third-order valence-corrected chi connectivity index (χ3v) is 4.25. The Balaban J connectivity index is 3.19. The summed E-state index contributed by atoms with van der Waals surface area (Å²) in [5.41, 5.74) is 1.21. The number of rotatable bonds is 8. The van der Waals surface area contributed by atoms with Gasteiger partial charge in [0.25, 0.3) is 0 Å². The van der Waals surface area contributed by atoms with E-state index in [1.54, 1.807) is 21.3 Å². The molecule has 114 valence electrons. The zero-order chi connectivity index (χ0) is 15.2. The van der Waals surface area contributed by atoms with Crippen LogP contribution in [-0.2, 0) is 6.54 Å². The number of hydrogen-bond donors (Lipinski definition) is 0. The highest BCUT2D eigenvalue weighted by molar-refractivity contribution is 5.53. The van der Waals surface area contributed by atoms with E-state index in [9.17, 15) is 0 Å². The van der Waals surface area contributed by atoms with Crippen molar-refractivity contribution in [3.05, 3.63) is 17.7 Å². The third kappa shape index (κ3) is 3.37. The minimum atomic E-state index is 0.654. The van der Waals surface area contributed by atoms with Crippen LogP contribution in [0.25, 0.3) is 0 Å². The fourth-order valence-electron chi connectivity index (χ4n) is 2.62. The monoisotopic (exact) mass is 282 g/mol. The molecule has 0 atom stereocenters. The predicted octanol–water partition coefficient (Wildman–Crippen LogP) is 3.09. The highest BCUT2D eigenvalue weighted by Crippen LogP contribution is 2.38. The molecule has 0 N–H and O–H groups in total. The molecule has 1 rings (SSSR count). The molecule has 0 aliphatic heterocycles. The van der Waals surface area contributed by atoms with Gasteiger partial charge in [-0.3, -0.25) is 0 Å². The molecule has 0 unspecified atom stereocenters. The molecule has 0 bridgehead atoms. The van der Waals surface area contributed by atoms with Crippen molar-refractivity contribution in [3.63, 3.8) is 0 Å². The molecule has 4 heteroatoms. The molecule has 0 heterocycles. The molecule has 0 amide bonds. The Hall–Kier alpha value is -1.42. The van der Waals surface area contributed by atoms with Gasteiger partial charge in [-0.15, -0.1) is 0 Å². The topological polar surface area (TPSA) is 27.7 Å². The second-order valence-corrected chi connectivity index (χ2v) is 4.98. The summed E-state index contributed by atoms with van der Waals surface area (Å²) in [5.74, 6) is 2.10. The fraction of sp³-hybridized carbons (Fsp3) is 0.625. The van der Waals surface area contributed by atoms with Crippen molar-refractivity contribution in [1.29, 1.82) is 0 Å². The average molecular weight is 282 g/mol. The van der Waals surface area contributed by atoms with Gasteiger partial charge in [-0.1, -0.05) is 0 Å². The van der Waals surface area contributed by atoms with E-state index in [-0.39, 0.29) is 0 Å². The van der Waals surface area contributed by atoms with Gasteiger partial charge in [0.15, 0.2) is 11.5 Å². The van der Waals surface area contributed by atoms with Crippen LogP contribution in [0.1, 0.15) is 26.3 Å². The van der Waals surface area contributed by atoms with Gasteiger partial charge in [0, 0.05) is 5.56 Å². The van der Waals surface area contributed by atoms with Crippen LogP contribution in [-0.4, -0.2) is 45.4 Å². The Bertz CT molecular complexity index is 394. The molecule has 4 nitrogen and oxygen atoms in total. The predicted molar refractivity (Wildman–Crippen MR) is 81.7 cm³/mol. The smallest absolute Gasteiger partial charge is 0.203 e. The van der Waals surface area contributed by atoms with E-state index in [0.717, 1.165) is 42.2 Å². The summed E-state index contributed by atoms with van der Waals surface area (Å²) in [7, 11) is 4.94. The minimum Gasteiger partial charge on any atom is -0.493 e. The molecule has 0 fully saturated rings. The molecule has 0 aliphatic carbocycles. The normalized spacial score (nSPS) is 11.3. The molecule has 20 heavy (non-hydrogen) atoms. The van der Waals surface area contributed by atoms with Gasteiger partial charge in [-0.05, 0) is 32.9 Å². The lowest BCUT2D eigenvalue weighted by Gasteiger charge is -2.36. The van der Waals surface area contributed by atoms with E-state index in [1.165, 1.54) is 5.56 Å². The summed E-state index contributed by atoms with van der Waals surface area (Å²) in [6.45, 7) is 11.0. The van der Waals surface area contributed by atoms with Gasteiger partial charge in [-0.2, -0.15) is 0 Å². The van der Waals surface area contributed by atoms with Crippen LogP contribution in [0, 0.1) is 0 Å². The quantitative estimate of drug-likeness (QED) is 0.686. The van der Waals surface area contributed by atoms with Crippen LogP contribution in [0.2, 0.25) is 0 Å². The second kappa shape index (κ2) is 7.39. The molecule has 0 aromatic heterocycles. The van der Waals surface area contributed by atoms with E-state index in [4.69, 9.17) is 14.2 Å². The number of ether oxygens (including phenoxy) is 3. The first-order valence-electron chi connectivity index (χ1n) is 7.23. The van der Waals surface area contributed by atoms with Crippen LogP contribution in [0.15, 0.2) is 12.1 Å². The maximum absolute atomic E-state index is 5.42. The molecular weight excluding hydrogens is 254 g/mol. The molecule has 0 radical (unpaired) electrons. The van der Waals surface area contributed by atoms with Gasteiger partial charge < -0.3 is 18.7 Å². The molecule has 0 saturated carbocycles. The Labute approximate surface area is 122 Å². The first-order valence-corrected chi connectivity index (χ1v) is 7.23. The van der Waals surface area contributed by atoms with Crippen LogP contribution in [0.5, 0.6) is 17.2 Å².